The van der Waals surface area contributed by atoms with Crippen LogP contribution in [-0.2, 0) is 0 Å². The molecular weight excluding hydrogens is 188 g/mol. The van der Waals surface area contributed by atoms with Crippen LogP contribution < -0.4 is 0 Å². The first-order valence-corrected chi connectivity index (χ1v) is 5.04. The zero-order valence-electron chi connectivity index (χ0n) is 8.86. The van der Waals surface area contributed by atoms with Crippen molar-refractivity contribution in [3.05, 3.63) is 35.9 Å². The normalized spacial score (nSPS) is 11.1. The Bertz CT molecular complexity index is 501. The average molecular weight is 202 g/mol. The second-order valence-corrected chi connectivity index (χ2v) is 4.06. The number of aromatic hydroxyl groups is 2. The molecule has 0 saturated carbocycles. The summed E-state index contributed by atoms with van der Waals surface area (Å²) in [6.45, 7) is 4.09. The van der Waals surface area contributed by atoms with Crippen LogP contribution in [0.2, 0.25) is 0 Å². The number of benzene rings is 2. The molecule has 78 valence electrons. The van der Waals surface area contributed by atoms with Gasteiger partial charge < -0.3 is 10.2 Å². The molecule has 2 N–H and O–H groups in total. The maximum Gasteiger partial charge on any atom is 0.126 e. The van der Waals surface area contributed by atoms with Crippen LogP contribution in [0.1, 0.15) is 25.3 Å². The lowest BCUT2D eigenvalue weighted by Gasteiger charge is -2.10. The maximum absolute atomic E-state index is 10.0. The van der Waals surface area contributed by atoms with E-state index in [1.165, 1.54) is 0 Å². The second-order valence-electron chi connectivity index (χ2n) is 4.06. The van der Waals surface area contributed by atoms with Gasteiger partial charge >= 0.3 is 0 Å². The number of phenolic OH excluding ortho intramolecular Hbond substituents is 2. The topological polar surface area (TPSA) is 40.5 Å². The van der Waals surface area contributed by atoms with E-state index in [2.05, 4.69) is 0 Å². The Balaban J connectivity index is 2.74. The third kappa shape index (κ3) is 1.63. The summed E-state index contributed by atoms with van der Waals surface area (Å²) in [7, 11) is 0. The van der Waals surface area contributed by atoms with E-state index in [-0.39, 0.29) is 5.75 Å². The van der Waals surface area contributed by atoms with Gasteiger partial charge in [0.2, 0.25) is 0 Å². The summed E-state index contributed by atoms with van der Waals surface area (Å²) in [4.78, 5) is 0. The quantitative estimate of drug-likeness (QED) is 0.744. The van der Waals surface area contributed by atoms with E-state index in [4.69, 9.17) is 0 Å². The zero-order valence-corrected chi connectivity index (χ0v) is 8.86. The highest BCUT2D eigenvalue weighted by Crippen LogP contribution is 2.34. The van der Waals surface area contributed by atoms with Gasteiger partial charge in [-0.2, -0.15) is 0 Å². The summed E-state index contributed by atoms with van der Waals surface area (Å²) >= 11 is 0. The van der Waals surface area contributed by atoms with Gasteiger partial charge in [0.15, 0.2) is 0 Å². The molecule has 2 nitrogen and oxygen atoms in total. The van der Waals surface area contributed by atoms with Gasteiger partial charge in [-0.05, 0) is 35.1 Å². The van der Waals surface area contributed by atoms with E-state index < -0.39 is 0 Å². The van der Waals surface area contributed by atoms with Crippen molar-refractivity contribution in [1.82, 2.24) is 0 Å². The van der Waals surface area contributed by atoms with Crippen molar-refractivity contribution < 1.29 is 10.2 Å². The number of hydrogen-bond donors (Lipinski definition) is 2. The molecule has 2 heteroatoms. The molecule has 0 bridgehead atoms. The molecule has 2 aromatic carbocycles. The Morgan fingerprint density at radius 3 is 2.40 bits per heavy atom. The van der Waals surface area contributed by atoms with Crippen molar-refractivity contribution in [2.75, 3.05) is 0 Å². The largest absolute Gasteiger partial charge is 0.508 e. The lowest BCUT2D eigenvalue weighted by atomic mass is 9.97. The summed E-state index contributed by atoms with van der Waals surface area (Å²) in [5.41, 5.74) is 0.938. The molecular formula is C13H14O2. The fraction of sp³-hybridized carbons (Fsp3) is 0.231. The fourth-order valence-corrected chi connectivity index (χ4v) is 1.78. The predicted octanol–water partition coefficient (Wildman–Crippen LogP) is 3.37. The van der Waals surface area contributed by atoms with E-state index in [1.54, 1.807) is 18.2 Å². The SMILES string of the molecule is CC(C)c1ccc2cc(O)ccc2c1O. The van der Waals surface area contributed by atoms with Crippen molar-refractivity contribution >= 4 is 10.8 Å². The first-order chi connectivity index (χ1) is 7.09. The Morgan fingerprint density at radius 1 is 1.00 bits per heavy atom. The van der Waals surface area contributed by atoms with Crippen molar-refractivity contribution in [3.8, 4) is 11.5 Å². The summed E-state index contributed by atoms with van der Waals surface area (Å²) in [5, 5.41) is 21.0. The standard InChI is InChI=1S/C13H14O2/c1-8(2)11-5-3-9-7-10(14)4-6-12(9)13(11)15/h3-8,14-15H,1-2H3. The first-order valence-electron chi connectivity index (χ1n) is 5.04. The zero-order chi connectivity index (χ0) is 11.0. The van der Waals surface area contributed by atoms with Crippen molar-refractivity contribution in [3.63, 3.8) is 0 Å². The molecule has 0 aliphatic heterocycles. The molecule has 0 fully saturated rings. The highest BCUT2D eigenvalue weighted by Gasteiger charge is 2.09. The fourth-order valence-electron chi connectivity index (χ4n) is 1.78. The minimum absolute atomic E-state index is 0.221. The minimum Gasteiger partial charge on any atom is -0.508 e. The Labute approximate surface area is 88.8 Å². The summed E-state index contributed by atoms with van der Waals surface area (Å²) in [6.07, 6.45) is 0. The van der Waals surface area contributed by atoms with E-state index in [0.717, 1.165) is 16.3 Å². The van der Waals surface area contributed by atoms with Crippen LogP contribution in [0, 0.1) is 0 Å². The lowest BCUT2D eigenvalue weighted by molar-refractivity contribution is 0.470. The van der Waals surface area contributed by atoms with Gasteiger partial charge in [0.25, 0.3) is 0 Å². The minimum atomic E-state index is 0.221. The molecule has 0 atom stereocenters. The molecule has 0 saturated heterocycles. The van der Waals surface area contributed by atoms with Crippen molar-refractivity contribution in [2.45, 2.75) is 19.8 Å². The monoisotopic (exact) mass is 202 g/mol. The van der Waals surface area contributed by atoms with Gasteiger partial charge in [-0.25, -0.2) is 0 Å². The van der Waals surface area contributed by atoms with Crippen LogP contribution in [0.15, 0.2) is 30.3 Å². The summed E-state index contributed by atoms with van der Waals surface area (Å²) in [6, 6.07) is 8.81. The van der Waals surface area contributed by atoms with Crippen LogP contribution in [0.5, 0.6) is 11.5 Å². The molecule has 2 rings (SSSR count). The van der Waals surface area contributed by atoms with E-state index in [1.807, 2.05) is 26.0 Å². The van der Waals surface area contributed by atoms with E-state index in [0.29, 0.717) is 11.7 Å². The van der Waals surface area contributed by atoms with E-state index in [9.17, 15) is 10.2 Å². The number of phenols is 2. The van der Waals surface area contributed by atoms with Gasteiger partial charge in [-0.3, -0.25) is 0 Å². The Hall–Kier alpha value is -1.70. The van der Waals surface area contributed by atoms with Crippen molar-refractivity contribution in [1.29, 1.82) is 0 Å². The van der Waals surface area contributed by atoms with Gasteiger partial charge in [-0.1, -0.05) is 26.0 Å². The van der Waals surface area contributed by atoms with Crippen LogP contribution in [-0.4, -0.2) is 10.2 Å². The molecule has 0 radical (unpaired) electrons. The van der Waals surface area contributed by atoms with Gasteiger partial charge in [-0.15, -0.1) is 0 Å². The van der Waals surface area contributed by atoms with Gasteiger partial charge in [0, 0.05) is 5.39 Å². The molecule has 0 unspecified atom stereocenters. The van der Waals surface area contributed by atoms with Crippen molar-refractivity contribution in [2.24, 2.45) is 0 Å². The van der Waals surface area contributed by atoms with Gasteiger partial charge in [0.1, 0.15) is 11.5 Å². The molecule has 0 spiro atoms. The van der Waals surface area contributed by atoms with Crippen LogP contribution in [0.4, 0.5) is 0 Å². The second kappa shape index (κ2) is 3.46. The maximum atomic E-state index is 10.0. The van der Waals surface area contributed by atoms with Crippen LogP contribution in [0.25, 0.3) is 10.8 Å². The van der Waals surface area contributed by atoms with E-state index >= 15 is 0 Å². The number of hydrogen-bond acceptors (Lipinski definition) is 2. The highest BCUT2D eigenvalue weighted by molar-refractivity contribution is 5.90. The van der Waals surface area contributed by atoms with Crippen LogP contribution >= 0.6 is 0 Å². The molecule has 0 aliphatic carbocycles. The number of rotatable bonds is 1. The summed E-state index contributed by atoms with van der Waals surface area (Å²) < 4.78 is 0. The number of fused-ring (bicyclic) bond motifs is 1. The Morgan fingerprint density at radius 2 is 1.73 bits per heavy atom. The molecule has 0 heterocycles. The third-order valence-corrected chi connectivity index (χ3v) is 2.63. The Kier molecular flexibility index (Phi) is 2.27. The molecule has 0 aromatic heterocycles. The third-order valence-electron chi connectivity index (χ3n) is 2.63. The van der Waals surface area contributed by atoms with Crippen LogP contribution in [0.3, 0.4) is 0 Å². The molecule has 2 aromatic rings. The summed E-state index contributed by atoms with van der Waals surface area (Å²) in [5.74, 6) is 0.838. The molecule has 0 amide bonds. The molecule has 15 heavy (non-hydrogen) atoms. The highest BCUT2D eigenvalue weighted by atomic mass is 16.3. The first kappa shape index (κ1) is 9.84. The lowest BCUT2D eigenvalue weighted by Crippen LogP contribution is -1.88. The molecule has 0 aliphatic rings. The predicted molar refractivity (Wildman–Crippen MR) is 61.4 cm³/mol. The van der Waals surface area contributed by atoms with Gasteiger partial charge in [0.05, 0.1) is 0 Å². The smallest absolute Gasteiger partial charge is 0.126 e. The average Bonchev–Trinajstić information content (AvgIpc) is 2.17.